The van der Waals surface area contributed by atoms with E-state index in [0.29, 0.717) is 13.0 Å². The molecule has 5 nitrogen and oxygen atoms in total. The first-order chi connectivity index (χ1) is 8.24. The largest absolute Gasteiger partial charge is 0.355 e. The second-order valence-electron chi connectivity index (χ2n) is 3.78. The molecule has 0 atom stereocenters. The highest BCUT2D eigenvalue weighted by molar-refractivity contribution is 7.07. The highest BCUT2D eigenvalue weighted by Crippen LogP contribution is 2.01. The maximum Gasteiger partial charge on any atom is 0.226 e. The van der Waals surface area contributed by atoms with Crippen LogP contribution >= 0.6 is 11.3 Å². The average molecular weight is 250 g/mol. The molecule has 0 radical (unpaired) electrons. The third-order valence-corrected chi connectivity index (χ3v) is 2.95. The van der Waals surface area contributed by atoms with E-state index in [1.165, 1.54) is 11.3 Å². The molecule has 0 spiro atoms. The van der Waals surface area contributed by atoms with Crippen LogP contribution < -0.4 is 5.32 Å². The van der Waals surface area contributed by atoms with E-state index in [4.69, 9.17) is 0 Å². The molecule has 0 aliphatic rings. The summed E-state index contributed by atoms with van der Waals surface area (Å²) >= 11 is 1.50. The van der Waals surface area contributed by atoms with Crippen molar-refractivity contribution in [2.45, 2.75) is 12.8 Å². The molecule has 2 aromatic rings. The Labute approximate surface area is 103 Å². The van der Waals surface area contributed by atoms with Crippen molar-refractivity contribution in [3.8, 4) is 0 Å². The maximum atomic E-state index is 11.5. The van der Waals surface area contributed by atoms with E-state index in [1.807, 2.05) is 24.8 Å². The Morgan fingerprint density at radius 3 is 3.12 bits per heavy atom. The van der Waals surface area contributed by atoms with Crippen molar-refractivity contribution < 1.29 is 4.79 Å². The van der Waals surface area contributed by atoms with Gasteiger partial charge in [0.2, 0.25) is 5.91 Å². The first-order valence-corrected chi connectivity index (χ1v) is 6.29. The number of aromatic nitrogens is 3. The third-order valence-electron chi connectivity index (χ3n) is 2.32. The quantitative estimate of drug-likeness (QED) is 0.853. The number of carbonyl (C=O) groups is 1. The minimum absolute atomic E-state index is 0.0137. The smallest absolute Gasteiger partial charge is 0.226 e. The number of hydrogen-bond donors (Lipinski definition) is 1. The van der Waals surface area contributed by atoms with Gasteiger partial charge in [-0.15, -0.1) is 11.3 Å². The fourth-order valence-corrected chi connectivity index (χ4v) is 2.06. The summed E-state index contributed by atoms with van der Waals surface area (Å²) in [5.74, 6) is 0.0137. The number of amides is 1. The lowest BCUT2D eigenvalue weighted by molar-refractivity contribution is -0.120. The van der Waals surface area contributed by atoms with Gasteiger partial charge in [0, 0.05) is 25.2 Å². The zero-order valence-electron chi connectivity index (χ0n) is 9.59. The third kappa shape index (κ3) is 3.67. The average Bonchev–Trinajstić information content (AvgIpc) is 2.90. The van der Waals surface area contributed by atoms with E-state index in [-0.39, 0.29) is 5.91 Å². The van der Waals surface area contributed by atoms with Crippen LogP contribution in [-0.2, 0) is 24.7 Å². The van der Waals surface area contributed by atoms with Crippen molar-refractivity contribution >= 4 is 17.2 Å². The molecule has 2 rings (SSSR count). The molecule has 17 heavy (non-hydrogen) atoms. The predicted molar refractivity (Wildman–Crippen MR) is 65.7 cm³/mol. The normalized spacial score (nSPS) is 10.4. The van der Waals surface area contributed by atoms with E-state index in [9.17, 15) is 4.79 Å². The van der Waals surface area contributed by atoms with Crippen molar-refractivity contribution in [3.05, 3.63) is 34.5 Å². The number of aryl methyl sites for hydroxylation is 1. The molecule has 6 heteroatoms. The highest BCUT2D eigenvalue weighted by Gasteiger charge is 2.04. The molecule has 0 saturated heterocycles. The standard InChI is InChI=1S/C11H14N4OS/c1-15-6-9(5-14-15)2-3-12-11(16)4-10-7-17-8-13-10/h5-8H,2-4H2,1H3,(H,12,16). The van der Waals surface area contributed by atoms with Crippen LogP contribution in [0.3, 0.4) is 0 Å². The maximum absolute atomic E-state index is 11.5. The lowest BCUT2D eigenvalue weighted by atomic mass is 10.2. The van der Waals surface area contributed by atoms with Crippen LogP contribution in [0.15, 0.2) is 23.3 Å². The number of hydrogen-bond acceptors (Lipinski definition) is 4. The highest BCUT2D eigenvalue weighted by atomic mass is 32.1. The summed E-state index contributed by atoms with van der Waals surface area (Å²) in [7, 11) is 1.88. The molecule has 1 N–H and O–H groups in total. The minimum atomic E-state index is 0.0137. The second kappa shape index (κ2) is 5.58. The fourth-order valence-electron chi connectivity index (χ4n) is 1.50. The molecule has 0 aliphatic heterocycles. The molecule has 2 aromatic heterocycles. The summed E-state index contributed by atoms with van der Waals surface area (Å²) in [6, 6.07) is 0. The van der Waals surface area contributed by atoms with Crippen molar-refractivity contribution in [1.29, 1.82) is 0 Å². The van der Waals surface area contributed by atoms with Gasteiger partial charge in [0.15, 0.2) is 0 Å². The van der Waals surface area contributed by atoms with E-state index in [0.717, 1.165) is 17.7 Å². The Morgan fingerprint density at radius 2 is 2.47 bits per heavy atom. The summed E-state index contributed by atoms with van der Waals surface area (Å²) in [6.45, 7) is 0.634. The van der Waals surface area contributed by atoms with Gasteiger partial charge < -0.3 is 5.32 Å². The van der Waals surface area contributed by atoms with Crippen LogP contribution in [0.1, 0.15) is 11.3 Å². The van der Waals surface area contributed by atoms with Gasteiger partial charge in [-0.1, -0.05) is 0 Å². The first-order valence-electron chi connectivity index (χ1n) is 5.35. The number of carbonyl (C=O) groups excluding carboxylic acids is 1. The van der Waals surface area contributed by atoms with Crippen molar-refractivity contribution in [1.82, 2.24) is 20.1 Å². The Hall–Kier alpha value is -1.69. The minimum Gasteiger partial charge on any atom is -0.355 e. The SMILES string of the molecule is Cn1cc(CCNC(=O)Cc2cscn2)cn1. The molecule has 1 amide bonds. The van der Waals surface area contributed by atoms with E-state index in [1.54, 1.807) is 10.2 Å². The van der Waals surface area contributed by atoms with Gasteiger partial charge in [-0.3, -0.25) is 9.48 Å². The zero-order valence-corrected chi connectivity index (χ0v) is 10.4. The van der Waals surface area contributed by atoms with Gasteiger partial charge in [-0.05, 0) is 12.0 Å². The molecule has 0 saturated carbocycles. The number of nitrogens with one attached hydrogen (secondary N) is 1. The Kier molecular flexibility index (Phi) is 3.87. The van der Waals surface area contributed by atoms with Crippen LogP contribution in [0.5, 0.6) is 0 Å². The van der Waals surface area contributed by atoms with Crippen LogP contribution in [0.25, 0.3) is 0 Å². The van der Waals surface area contributed by atoms with Crippen molar-refractivity contribution in [2.24, 2.45) is 7.05 Å². The van der Waals surface area contributed by atoms with Gasteiger partial charge >= 0.3 is 0 Å². The van der Waals surface area contributed by atoms with Gasteiger partial charge in [0.25, 0.3) is 0 Å². The molecule has 0 aliphatic carbocycles. The molecule has 2 heterocycles. The summed E-state index contributed by atoms with van der Waals surface area (Å²) in [5.41, 5.74) is 3.69. The van der Waals surface area contributed by atoms with Gasteiger partial charge in [0.05, 0.1) is 23.8 Å². The van der Waals surface area contributed by atoms with Crippen LogP contribution in [-0.4, -0.2) is 27.2 Å². The zero-order chi connectivity index (χ0) is 12.1. The van der Waals surface area contributed by atoms with E-state index in [2.05, 4.69) is 15.4 Å². The fraction of sp³-hybridized carbons (Fsp3) is 0.364. The molecular weight excluding hydrogens is 236 g/mol. The van der Waals surface area contributed by atoms with Crippen molar-refractivity contribution in [2.75, 3.05) is 6.54 Å². The van der Waals surface area contributed by atoms with E-state index >= 15 is 0 Å². The van der Waals surface area contributed by atoms with Gasteiger partial charge in [0.1, 0.15) is 0 Å². The van der Waals surface area contributed by atoms with E-state index < -0.39 is 0 Å². The molecule has 0 fully saturated rings. The molecule has 0 aromatic carbocycles. The molecular formula is C11H14N4OS. The lowest BCUT2D eigenvalue weighted by Gasteiger charge is -2.02. The lowest BCUT2D eigenvalue weighted by Crippen LogP contribution is -2.27. The number of thiazole rings is 1. The monoisotopic (exact) mass is 250 g/mol. The molecule has 0 bridgehead atoms. The molecule has 90 valence electrons. The van der Waals surface area contributed by atoms with Crippen LogP contribution in [0.4, 0.5) is 0 Å². The Bertz CT molecular complexity index is 477. The van der Waals surface area contributed by atoms with Crippen molar-refractivity contribution in [3.63, 3.8) is 0 Å². The summed E-state index contributed by atoms with van der Waals surface area (Å²) < 4.78 is 1.76. The summed E-state index contributed by atoms with van der Waals surface area (Å²) in [6.07, 6.45) is 4.92. The Balaban J connectivity index is 1.70. The predicted octanol–water partition coefficient (Wildman–Crippen LogP) is 0.778. The summed E-state index contributed by atoms with van der Waals surface area (Å²) in [5, 5.41) is 8.83. The Morgan fingerprint density at radius 1 is 1.59 bits per heavy atom. The molecule has 0 unspecified atom stereocenters. The number of rotatable bonds is 5. The van der Waals surface area contributed by atoms with Gasteiger partial charge in [-0.25, -0.2) is 4.98 Å². The van der Waals surface area contributed by atoms with Crippen LogP contribution in [0, 0.1) is 0 Å². The topological polar surface area (TPSA) is 59.8 Å². The number of nitrogens with zero attached hydrogens (tertiary/aromatic N) is 3. The van der Waals surface area contributed by atoms with Gasteiger partial charge in [-0.2, -0.15) is 5.10 Å². The summed E-state index contributed by atoms with van der Waals surface area (Å²) in [4.78, 5) is 15.6. The second-order valence-corrected chi connectivity index (χ2v) is 4.50. The first kappa shape index (κ1) is 11.8. The van der Waals surface area contributed by atoms with Crippen LogP contribution in [0.2, 0.25) is 0 Å².